The van der Waals surface area contributed by atoms with Crippen LogP contribution in [0.3, 0.4) is 0 Å². The van der Waals surface area contributed by atoms with Crippen LogP contribution in [0.2, 0.25) is 0 Å². The van der Waals surface area contributed by atoms with Crippen molar-refractivity contribution in [2.75, 3.05) is 38.2 Å². The van der Waals surface area contributed by atoms with Gasteiger partial charge in [-0.2, -0.15) is 0 Å². The summed E-state index contributed by atoms with van der Waals surface area (Å²) in [5.74, 6) is -0.919. The average Bonchev–Trinajstić information content (AvgIpc) is 2.28. The maximum absolute atomic E-state index is 13.3. The highest BCUT2D eigenvalue weighted by Gasteiger charge is 2.25. The predicted octanol–water partition coefficient (Wildman–Crippen LogP) is 2.59. The van der Waals surface area contributed by atoms with Gasteiger partial charge in [0.05, 0.1) is 6.67 Å². The lowest BCUT2D eigenvalue weighted by molar-refractivity contribution is 0.0856. The van der Waals surface area contributed by atoms with Crippen molar-refractivity contribution in [3.63, 3.8) is 0 Å². The van der Waals surface area contributed by atoms with Gasteiger partial charge in [-0.25, -0.2) is 8.78 Å². The second-order valence-electron chi connectivity index (χ2n) is 4.77. The minimum atomic E-state index is -0.543. The van der Waals surface area contributed by atoms with Gasteiger partial charge in [-0.1, -0.05) is 0 Å². The Kier molecular flexibility index (Phi) is 4.11. The Balaban J connectivity index is 1.77. The quantitative estimate of drug-likeness (QED) is 0.873. The Hall–Kier alpha value is -1.23. The van der Waals surface area contributed by atoms with E-state index < -0.39 is 11.6 Å². The second kappa shape index (κ2) is 5.61. The molecule has 2 rings (SSSR count). The summed E-state index contributed by atoms with van der Waals surface area (Å²) >= 11 is 0. The molecule has 0 atom stereocenters. The Morgan fingerprint density at radius 1 is 1.28 bits per heavy atom. The van der Waals surface area contributed by atoms with E-state index in [9.17, 15) is 13.2 Å². The zero-order valence-electron chi connectivity index (χ0n) is 10.3. The van der Waals surface area contributed by atoms with Crippen molar-refractivity contribution < 1.29 is 13.2 Å². The molecule has 0 spiro atoms. The summed E-state index contributed by atoms with van der Waals surface area (Å²) in [4.78, 5) is 2.11. The van der Waals surface area contributed by atoms with Crippen molar-refractivity contribution in [3.05, 3.63) is 29.3 Å². The lowest BCUT2D eigenvalue weighted by Gasteiger charge is -2.37. The minimum Gasteiger partial charge on any atom is -0.384 e. The number of likely N-dealkylation sites (tertiary alicyclic amines) is 1. The number of nitrogens with zero attached hydrogens (tertiary/aromatic N) is 1. The highest BCUT2D eigenvalue weighted by atomic mass is 19.1. The van der Waals surface area contributed by atoms with E-state index in [4.69, 9.17) is 0 Å². The summed E-state index contributed by atoms with van der Waals surface area (Å²) in [6.07, 6.45) is 0. The molecule has 1 aliphatic rings. The van der Waals surface area contributed by atoms with Crippen molar-refractivity contribution in [3.8, 4) is 0 Å². The zero-order chi connectivity index (χ0) is 13.1. The standard InChI is InChI=1S/C13H17F3N2/c1-9-12(15)4-11(5-13(9)16)17-2-3-18-7-10(6-14)8-18/h4-5,10,17H,2-3,6-8H2,1H3. The Morgan fingerprint density at radius 3 is 2.44 bits per heavy atom. The van der Waals surface area contributed by atoms with Gasteiger partial charge in [0.2, 0.25) is 0 Å². The van der Waals surface area contributed by atoms with Gasteiger partial charge < -0.3 is 10.2 Å². The lowest BCUT2D eigenvalue weighted by Crippen LogP contribution is -2.49. The van der Waals surface area contributed by atoms with Crippen LogP contribution in [0.4, 0.5) is 18.9 Å². The molecule has 18 heavy (non-hydrogen) atoms. The molecule has 1 aromatic carbocycles. The largest absolute Gasteiger partial charge is 0.384 e. The van der Waals surface area contributed by atoms with Crippen LogP contribution in [-0.4, -0.2) is 37.8 Å². The van der Waals surface area contributed by atoms with Gasteiger partial charge in [0.15, 0.2) is 0 Å². The van der Waals surface area contributed by atoms with Crippen LogP contribution in [0.1, 0.15) is 5.56 Å². The number of hydrogen-bond donors (Lipinski definition) is 1. The van der Waals surface area contributed by atoms with Crippen LogP contribution in [0.25, 0.3) is 0 Å². The van der Waals surface area contributed by atoms with Crippen LogP contribution in [0.5, 0.6) is 0 Å². The number of rotatable bonds is 5. The van der Waals surface area contributed by atoms with E-state index in [1.807, 2.05) is 0 Å². The SMILES string of the molecule is Cc1c(F)cc(NCCN2CC(CF)C2)cc1F. The van der Waals surface area contributed by atoms with E-state index in [0.717, 1.165) is 19.6 Å². The molecule has 5 heteroatoms. The number of halogens is 3. The summed E-state index contributed by atoms with van der Waals surface area (Å²) in [6, 6.07) is 2.58. The molecule has 0 unspecified atom stereocenters. The van der Waals surface area contributed by atoms with E-state index in [1.54, 1.807) is 0 Å². The number of nitrogens with one attached hydrogen (secondary N) is 1. The van der Waals surface area contributed by atoms with Crippen molar-refractivity contribution in [1.82, 2.24) is 4.90 Å². The Bertz CT molecular complexity index is 394. The molecular weight excluding hydrogens is 241 g/mol. The molecule has 0 bridgehead atoms. The van der Waals surface area contributed by atoms with Gasteiger partial charge in [-0.3, -0.25) is 4.39 Å². The molecule has 1 fully saturated rings. The third kappa shape index (κ3) is 2.96. The van der Waals surface area contributed by atoms with Gasteiger partial charge in [0.25, 0.3) is 0 Å². The van der Waals surface area contributed by atoms with E-state index in [0.29, 0.717) is 12.2 Å². The molecule has 0 amide bonds. The molecule has 1 aliphatic heterocycles. The highest BCUT2D eigenvalue weighted by molar-refractivity contribution is 5.45. The van der Waals surface area contributed by atoms with Crippen LogP contribution in [-0.2, 0) is 0 Å². The van der Waals surface area contributed by atoms with Gasteiger partial charge in [0, 0.05) is 43.3 Å². The first-order chi connectivity index (χ1) is 8.60. The predicted molar refractivity (Wildman–Crippen MR) is 65.5 cm³/mol. The molecule has 1 aromatic rings. The third-order valence-electron chi connectivity index (χ3n) is 3.29. The summed E-state index contributed by atoms with van der Waals surface area (Å²) in [5, 5.41) is 2.97. The number of alkyl halides is 1. The molecule has 0 aliphatic carbocycles. The van der Waals surface area contributed by atoms with E-state index >= 15 is 0 Å². The van der Waals surface area contributed by atoms with Crippen LogP contribution >= 0.6 is 0 Å². The maximum Gasteiger partial charge on any atom is 0.131 e. The molecular formula is C13H17F3N2. The molecule has 1 saturated heterocycles. The van der Waals surface area contributed by atoms with Gasteiger partial charge in [-0.15, -0.1) is 0 Å². The molecule has 100 valence electrons. The Labute approximate surface area is 105 Å². The summed E-state index contributed by atoms with van der Waals surface area (Å²) in [7, 11) is 0. The van der Waals surface area contributed by atoms with E-state index in [-0.39, 0.29) is 18.2 Å². The minimum absolute atomic E-state index is 0.0362. The first-order valence-corrected chi connectivity index (χ1v) is 6.08. The number of benzene rings is 1. The molecule has 1 N–H and O–H groups in total. The summed E-state index contributed by atoms with van der Waals surface area (Å²) in [5.41, 5.74) is 0.479. The van der Waals surface area contributed by atoms with Crippen LogP contribution < -0.4 is 5.32 Å². The fourth-order valence-electron chi connectivity index (χ4n) is 2.06. The molecule has 2 nitrogen and oxygen atoms in total. The zero-order valence-corrected chi connectivity index (χ0v) is 10.3. The smallest absolute Gasteiger partial charge is 0.131 e. The monoisotopic (exact) mass is 258 g/mol. The number of hydrogen-bond acceptors (Lipinski definition) is 2. The third-order valence-corrected chi connectivity index (χ3v) is 3.29. The van der Waals surface area contributed by atoms with Crippen LogP contribution in [0, 0.1) is 24.5 Å². The van der Waals surface area contributed by atoms with Crippen molar-refractivity contribution >= 4 is 5.69 Å². The van der Waals surface area contributed by atoms with Crippen molar-refractivity contribution in [2.45, 2.75) is 6.92 Å². The second-order valence-corrected chi connectivity index (χ2v) is 4.77. The van der Waals surface area contributed by atoms with Gasteiger partial charge in [0.1, 0.15) is 11.6 Å². The van der Waals surface area contributed by atoms with Crippen molar-refractivity contribution in [1.29, 1.82) is 0 Å². The highest BCUT2D eigenvalue weighted by Crippen LogP contribution is 2.18. The van der Waals surface area contributed by atoms with Gasteiger partial charge in [-0.05, 0) is 19.1 Å². The first-order valence-electron chi connectivity index (χ1n) is 6.08. The lowest BCUT2D eigenvalue weighted by atomic mass is 10.0. The topological polar surface area (TPSA) is 15.3 Å². The molecule has 0 aromatic heterocycles. The molecule has 0 radical (unpaired) electrons. The average molecular weight is 258 g/mol. The summed E-state index contributed by atoms with van der Waals surface area (Å²) < 4.78 is 38.7. The fourth-order valence-corrected chi connectivity index (χ4v) is 2.06. The molecule has 1 heterocycles. The summed E-state index contributed by atoms with van der Waals surface area (Å²) in [6.45, 7) is 4.04. The van der Waals surface area contributed by atoms with Crippen molar-refractivity contribution in [2.24, 2.45) is 5.92 Å². The first kappa shape index (κ1) is 13.2. The fraction of sp³-hybridized carbons (Fsp3) is 0.538. The maximum atomic E-state index is 13.3. The number of anilines is 1. The van der Waals surface area contributed by atoms with E-state index in [1.165, 1.54) is 19.1 Å². The Morgan fingerprint density at radius 2 is 1.89 bits per heavy atom. The normalized spacial score (nSPS) is 16.7. The van der Waals surface area contributed by atoms with E-state index in [2.05, 4.69) is 10.2 Å². The molecule has 0 saturated carbocycles. The van der Waals surface area contributed by atoms with Gasteiger partial charge >= 0.3 is 0 Å². The van der Waals surface area contributed by atoms with Crippen LogP contribution in [0.15, 0.2) is 12.1 Å².